The molecule has 0 aliphatic rings. The van der Waals surface area contributed by atoms with Gasteiger partial charge in [0.1, 0.15) is 5.75 Å². The molecule has 1 aromatic carbocycles. The zero-order chi connectivity index (χ0) is 18.2. The lowest BCUT2D eigenvalue weighted by molar-refractivity contribution is -0.376. The van der Waals surface area contributed by atoms with Crippen LogP contribution in [0.25, 0.3) is 0 Å². The van der Waals surface area contributed by atoms with Gasteiger partial charge in [0, 0.05) is 11.1 Å². The first-order valence-corrected chi connectivity index (χ1v) is 6.83. The number of alkyl halides is 6. The molecule has 0 heterocycles. The summed E-state index contributed by atoms with van der Waals surface area (Å²) >= 11 is 1.35. The van der Waals surface area contributed by atoms with E-state index in [-0.39, 0.29) is 3.57 Å². The highest BCUT2D eigenvalue weighted by Crippen LogP contribution is 2.53. The van der Waals surface area contributed by atoms with Crippen molar-refractivity contribution in [3.05, 3.63) is 39.5 Å². The highest BCUT2D eigenvalue weighted by molar-refractivity contribution is 14.1. The lowest BCUT2D eigenvalue weighted by Crippen LogP contribution is -2.57. The summed E-state index contributed by atoms with van der Waals surface area (Å²) < 4.78 is 83.5. The lowest BCUT2D eigenvalue weighted by atomic mass is 9.91. The highest BCUT2D eigenvalue weighted by atomic mass is 127. The molecular formula is C13H9F6IO3. The second kappa shape index (κ2) is 6.21. The van der Waals surface area contributed by atoms with Gasteiger partial charge in [-0.15, -0.1) is 0 Å². The Morgan fingerprint density at radius 3 is 2.00 bits per heavy atom. The predicted octanol–water partition coefficient (Wildman–Crippen LogP) is 4.44. The van der Waals surface area contributed by atoms with Gasteiger partial charge in [0.2, 0.25) is 0 Å². The minimum atomic E-state index is -5.99. The predicted molar refractivity (Wildman–Crippen MR) is 75.5 cm³/mol. The summed E-state index contributed by atoms with van der Waals surface area (Å²) in [4.78, 5) is 11.4. The zero-order valence-corrected chi connectivity index (χ0v) is 13.5. The summed E-state index contributed by atoms with van der Waals surface area (Å²) in [6.45, 7) is 3.90. The first-order valence-electron chi connectivity index (χ1n) is 5.75. The molecule has 0 aliphatic carbocycles. The van der Waals surface area contributed by atoms with Gasteiger partial charge >= 0.3 is 23.9 Å². The molecule has 1 N–H and O–H groups in total. The number of hydrogen-bond acceptors (Lipinski definition) is 3. The smallest absolute Gasteiger partial charge is 0.442 e. The number of aromatic hydroxyl groups is 1. The maximum Gasteiger partial charge on any atom is 0.442 e. The fraction of sp³-hybridized carbons (Fsp3) is 0.308. The SMILES string of the molecule is C=C(C)C(=O)OC(c1ccc(O)c(I)c1)(C(F)(F)F)C(F)(F)F. The maximum atomic E-state index is 13.3. The van der Waals surface area contributed by atoms with Crippen LogP contribution in [0.15, 0.2) is 30.4 Å². The van der Waals surface area contributed by atoms with Crippen molar-refractivity contribution in [2.75, 3.05) is 0 Å². The van der Waals surface area contributed by atoms with E-state index in [0.29, 0.717) is 18.2 Å². The van der Waals surface area contributed by atoms with Crippen molar-refractivity contribution in [2.24, 2.45) is 0 Å². The van der Waals surface area contributed by atoms with E-state index in [4.69, 9.17) is 0 Å². The van der Waals surface area contributed by atoms with Gasteiger partial charge in [-0.25, -0.2) is 4.79 Å². The molecule has 128 valence electrons. The number of hydrogen-bond donors (Lipinski definition) is 1. The first kappa shape index (κ1) is 19.6. The normalized spacial score (nSPS) is 12.9. The number of carbonyl (C=O) groups is 1. The Morgan fingerprint density at radius 1 is 1.17 bits per heavy atom. The van der Waals surface area contributed by atoms with Crippen LogP contribution in [0.3, 0.4) is 0 Å². The van der Waals surface area contributed by atoms with E-state index in [0.717, 1.165) is 6.92 Å². The van der Waals surface area contributed by atoms with E-state index in [9.17, 15) is 36.2 Å². The average Bonchev–Trinajstić information content (AvgIpc) is 2.35. The number of phenolic OH excluding ortho intramolecular Hbond substituents is 1. The maximum absolute atomic E-state index is 13.3. The summed E-state index contributed by atoms with van der Waals surface area (Å²) in [5.74, 6) is -2.36. The molecule has 0 fully saturated rings. The van der Waals surface area contributed by atoms with Crippen LogP contribution in [0.5, 0.6) is 5.75 Å². The molecule has 3 nitrogen and oxygen atoms in total. The highest BCUT2D eigenvalue weighted by Gasteiger charge is 2.75. The third kappa shape index (κ3) is 3.56. The number of ether oxygens (including phenoxy) is 1. The summed E-state index contributed by atoms with van der Waals surface area (Å²) in [7, 11) is 0. The molecule has 23 heavy (non-hydrogen) atoms. The molecule has 0 radical (unpaired) electrons. The molecule has 10 heteroatoms. The second-order valence-electron chi connectivity index (χ2n) is 4.51. The van der Waals surface area contributed by atoms with Crippen LogP contribution in [0.4, 0.5) is 26.3 Å². The Kier molecular flexibility index (Phi) is 5.29. The molecule has 0 bridgehead atoms. The monoisotopic (exact) mass is 454 g/mol. The molecule has 0 saturated heterocycles. The molecular weight excluding hydrogens is 445 g/mol. The molecule has 0 saturated carbocycles. The Balaban J connectivity index is 3.72. The average molecular weight is 454 g/mol. The Hall–Kier alpha value is -1.46. The molecule has 0 spiro atoms. The summed E-state index contributed by atoms with van der Waals surface area (Å²) in [5.41, 5.74) is -6.88. The summed E-state index contributed by atoms with van der Waals surface area (Å²) in [6, 6.07) is 1.49. The number of phenols is 1. The first-order chi connectivity index (χ1) is 10.2. The topological polar surface area (TPSA) is 46.5 Å². The number of carbonyl (C=O) groups excluding carboxylic acids is 1. The van der Waals surface area contributed by atoms with Gasteiger partial charge in [0.05, 0.1) is 3.57 Å². The van der Waals surface area contributed by atoms with E-state index in [1.165, 1.54) is 22.6 Å². The number of esters is 1. The van der Waals surface area contributed by atoms with Gasteiger partial charge in [-0.1, -0.05) is 12.6 Å². The van der Waals surface area contributed by atoms with Crippen molar-refractivity contribution < 1.29 is 41.0 Å². The van der Waals surface area contributed by atoms with Gasteiger partial charge in [0.25, 0.3) is 0 Å². The van der Waals surface area contributed by atoms with Crippen molar-refractivity contribution in [3.63, 3.8) is 0 Å². The lowest BCUT2D eigenvalue weighted by Gasteiger charge is -2.37. The van der Waals surface area contributed by atoms with Crippen LogP contribution in [-0.4, -0.2) is 23.4 Å². The third-order valence-electron chi connectivity index (χ3n) is 2.75. The molecule has 0 atom stereocenters. The van der Waals surface area contributed by atoms with E-state index < -0.39 is 40.8 Å². The summed E-state index contributed by atoms with van der Waals surface area (Å²) in [6.07, 6.45) is -12.0. The molecule has 0 unspecified atom stereocenters. The minimum Gasteiger partial charge on any atom is -0.507 e. The zero-order valence-electron chi connectivity index (χ0n) is 11.3. The van der Waals surface area contributed by atoms with Gasteiger partial charge < -0.3 is 9.84 Å². The quantitative estimate of drug-likeness (QED) is 0.318. The number of rotatable bonds is 3. The second-order valence-corrected chi connectivity index (χ2v) is 5.67. The van der Waals surface area contributed by atoms with Gasteiger partial charge in [0.15, 0.2) is 0 Å². The van der Waals surface area contributed by atoms with Crippen LogP contribution < -0.4 is 0 Å². The fourth-order valence-corrected chi connectivity index (χ4v) is 2.13. The van der Waals surface area contributed by atoms with Crippen LogP contribution in [0.1, 0.15) is 12.5 Å². The van der Waals surface area contributed by atoms with Crippen LogP contribution >= 0.6 is 22.6 Å². The van der Waals surface area contributed by atoms with Crippen molar-refractivity contribution in [1.29, 1.82) is 0 Å². The van der Waals surface area contributed by atoms with Crippen LogP contribution in [0.2, 0.25) is 0 Å². The third-order valence-corrected chi connectivity index (χ3v) is 3.61. The van der Waals surface area contributed by atoms with E-state index in [2.05, 4.69) is 11.3 Å². The van der Waals surface area contributed by atoms with Crippen molar-refractivity contribution in [1.82, 2.24) is 0 Å². The largest absolute Gasteiger partial charge is 0.507 e. The molecule has 0 aromatic heterocycles. The van der Waals surface area contributed by atoms with Crippen LogP contribution in [-0.2, 0) is 15.1 Å². The number of benzene rings is 1. The van der Waals surface area contributed by atoms with E-state index >= 15 is 0 Å². The summed E-state index contributed by atoms with van der Waals surface area (Å²) in [5, 5.41) is 9.29. The van der Waals surface area contributed by atoms with E-state index in [1.54, 1.807) is 0 Å². The molecule has 0 amide bonds. The molecule has 1 aromatic rings. The van der Waals surface area contributed by atoms with Crippen molar-refractivity contribution in [2.45, 2.75) is 24.9 Å². The Labute approximate surface area is 140 Å². The van der Waals surface area contributed by atoms with Crippen molar-refractivity contribution >= 4 is 28.6 Å². The van der Waals surface area contributed by atoms with Gasteiger partial charge in [-0.05, 0) is 41.6 Å². The van der Waals surface area contributed by atoms with Crippen molar-refractivity contribution in [3.8, 4) is 5.75 Å². The molecule has 0 aliphatic heterocycles. The van der Waals surface area contributed by atoms with Gasteiger partial charge in [-0.2, -0.15) is 26.3 Å². The molecule has 1 rings (SSSR count). The Morgan fingerprint density at radius 2 is 1.65 bits per heavy atom. The van der Waals surface area contributed by atoms with E-state index in [1.807, 2.05) is 0 Å². The van der Waals surface area contributed by atoms with Gasteiger partial charge in [-0.3, -0.25) is 0 Å². The Bertz CT molecular complexity index is 622. The number of halogens is 7. The standard InChI is InChI=1S/C13H9F6IO3/c1-6(2)10(22)23-11(12(14,15)16,13(17,18)19)7-3-4-9(21)8(20)5-7/h3-5,21H,1H2,2H3. The fourth-order valence-electron chi connectivity index (χ4n) is 1.61. The minimum absolute atomic E-state index is 0.274. The van der Waals surface area contributed by atoms with Crippen LogP contribution in [0, 0.1) is 3.57 Å².